The fourth-order valence-electron chi connectivity index (χ4n) is 3.52. The van der Waals surface area contributed by atoms with E-state index in [0.717, 1.165) is 33.6 Å². The molecule has 0 saturated heterocycles. The van der Waals surface area contributed by atoms with E-state index in [-0.39, 0.29) is 6.61 Å². The maximum Gasteiger partial charge on any atom is 0.336 e. The summed E-state index contributed by atoms with van der Waals surface area (Å²) in [5.74, 6) is -0.500. The zero-order valence-corrected chi connectivity index (χ0v) is 17.6. The lowest BCUT2D eigenvalue weighted by atomic mass is 10.1. The summed E-state index contributed by atoms with van der Waals surface area (Å²) in [7, 11) is 0. The molecule has 6 nitrogen and oxygen atoms in total. The lowest BCUT2D eigenvalue weighted by Gasteiger charge is -2.06. The van der Waals surface area contributed by atoms with Gasteiger partial charge in [0.2, 0.25) is 0 Å². The third-order valence-electron chi connectivity index (χ3n) is 5.09. The summed E-state index contributed by atoms with van der Waals surface area (Å²) in [5, 5.41) is 5.32. The Balaban J connectivity index is 1.51. The van der Waals surface area contributed by atoms with E-state index in [2.05, 4.69) is 5.10 Å². The highest BCUT2D eigenvalue weighted by atomic mass is 16.5. The Labute approximate surface area is 179 Å². The fourth-order valence-corrected chi connectivity index (χ4v) is 3.52. The number of esters is 1. The molecule has 0 saturated carbocycles. The van der Waals surface area contributed by atoms with E-state index in [1.54, 1.807) is 12.1 Å². The van der Waals surface area contributed by atoms with Crippen molar-refractivity contribution < 1.29 is 13.9 Å². The normalized spacial score (nSPS) is 11.3. The molecule has 2 aromatic heterocycles. The molecule has 0 unspecified atom stereocenters. The van der Waals surface area contributed by atoms with Crippen molar-refractivity contribution in [1.29, 1.82) is 0 Å². The molecule has 31 heavy (non-hydrogen) atoms. The highest BCUT2D eigenvalue weighted by Gasteiger charge is 2.12. The number of nitrogens with zero attached hydrogens (tertiary/aromatic N) is 2. The van der Waals surface area contributed by atoms with Crippen molar-refractivity contribution in [2.24, 2.45) is 0 Å². The fraction of sp³-hybridized carbons (Fsp3) is 0.160. The Morgan fingerprint density at radius 1 is 1.10 bits per heavy atom. The number of ether oxygens (including phenoxy) is 1. The smallest absolute Gasteiger partial charge is 0.336 e. The van der Waals surface area contributed by atoms with Crippen LogP contribution in [0.5, 0.6) is 0 Å². The van der Waals surface area contributed by atoms with Crippen molar-refractivity contribution in [1.82, 2.24) is 9.78 Å². The van der Waals surface area contributed by atoms with Crippen LogP contribution in [0, 0.1) is 20.8 Å². The quantitative estimate of drug-likeness (QED) is 0.270. The molecule has 0 fully saturated rings. The largest absolute Gasteiger partial charge is 0.458 e. The zero-order valence-electron chi connectivity index (χ0n) is 17.6. The van der Waals surface area contributed by atoms with Crippen molar-refractivity contribution in [3.05, 3.63) is 99.2 Å². The molecule has 4 rings (SSSR count). The standard InChI is InChI=1S/C25H22N2O4/c1-16-9-10-22-19(14-25(29)31-23(22)13-16)15-30-24(28)12-11-21-17(2)26-27(18(21)3)20-7-5-4-6-8-20/h4-14H,15H2,1-3H3/b12-11+. The number of rotatable bonds is 5. The average Bonchev–Trinajstić information content (AvgIpc) is 3.04. The number of carbonyl (C=O) groups is 1. The monoisotopic (exact) mass is 414 g/mol. The second kappa shape index (κ2) is 8.44. The van der Waals surface area contributed by atoms with Gasteiger partial charge in [0.15, 0.2) is 0 Å². The van der Waals surface area contributed by atoms with Gasteiger partial charge in [0.25, 0.3) is 0 Å². The van der Waals surface area contributed by atoms with Crippen molar-refractivity contribution >= 4 is 23.0 Å². The molecular weight excluding hydrogens is 392 g/mol. The summed E-state index contributed by atoms with van der Waals surface area (Å²) in [6.07, 6.45) is 3.09. The number of benzene rings is 2. The van der Waals surface area contributed by atoms with Gasteiger partial charge in [-0.15, -0.1) is 0 Å². The van der Waals surface area contributed by atoms with E-state index < -0.39 is 11.6 Å². The van der Waals surface area contributed by atoms with Gasteiger partial charge < -0.3 is 9.15 Å². The molecule has 156 valence electrons. The second-order valence-corrected chi connectivity index (χ2v) is 7.36. The molecule has 0 aliphatic rings. The minimum atomic E-state index is -0.500. The van der Waals surface area contributed by atoms with Crippen LogP contribution in [-0.4, -0.2) is 15.7 Å². The molecule has 0 bridgehead atoms. The molecular formula is C25H22N2O4. The molecule has 0 spiro atoms. The van der Waals surface area contributed by atoms with Gasteiger partial charge in [-0.05, 0) is 50.6 Å². The van der Waals surface area contributed by atoms with Crippen LogP contribution in [0.4, 0.5) is 0 Å². The van der Waals surface area contributed by atoms with Crippen LogP contribution in [0.15, 0.2) is 69.9 Å². The minimum absolute atomic E-state index is 0.0183. The lowest BCUT2D eigenvalue weighted by molar-refractivity contribution is -0.138. The average molecular weight is 414 g/mol. The first-order valence-electron chi connectivity index (χ1n) is 9.92. The molecule has 2 heterocycles. The topological polar surface area (TPSA) is 74.3 Å². The first kappa shape index (κ1) is 20.3. The summed E-state index contributed by atoms with van der Waals surface area (Å²) >= 11 is 0. The zero-order chi connectivity index (χ0) is 22.0. The highest BCUT2D eigenvalue weighted by Crippen LogP contribution is 2.21. The number of hydrogen-bond acceptors (Lipinski definition) is 5. The van der Waals surface area contributed by atoms with Crippen LogP contribution >= 0.6 is 0 Å². The molecule has 6 heteroatoms. The molecule has 0 amide bonds. The summed E-state index contributed by atoms with van der Waals surface area (Å²) < 4.78 is 12.5. The van der Waals surface area contributed by atoms with Gasteiger partial charge in [0.05, 0.1) is 11.4 Å². The lowest BCUT2D eigenvalue weighted by Crippen LogP contribution is -2.05. The van der Waals surface area contributed by atoms with Crippen LogP contribution in [0.25, 0.3) is 22.7 Å². The molecule has 0 aliphatic heterocycles. The Morgan fingerprint density at radius 3 is 2.65 bits per heavy atom. The van der Waals surface area contributed by atoms with Crippen LogP contribution in [0.1, 0.15) is 28.1 Å². The van der Waals surface area contributed by atoms with E-state index in [1.165, 1.54) is 12.1 Å². The van der Waals surface area contributed by atoms with E-state index >= 15 is 0 Å². The number of fused-ring (bicyclic) bond motifs is 1. The predicted octanol–water partition coefficient (Wildman–Crippen LogP) is 4.66. The van der Waals surface area contributed by atoms with Crippen molar-refractivity contribution in [3.8, 4) is 5.69 Å². The van der Waals surface area contributed by atoms with Crippen LogP contribution in [0.3, 0.4) is 0 Å². The molecule has 2 aromatic carbocycles. The van der Waals surface area contributed by atoms with E-state index in [9.17, 15) is 9.59 Å². The molecule has 0 radical (unpaired) electrons. The van der Waals surface area contributed by atoms with Gasteiger partial charge >= 0.3 is 11.6 Å². The number of hydrogen-bond donors (Lipinski definition) is 0. The first-order chi connectivity index (χ1) is 14.9. The number of aromatic nitrogens is 2. The summed E-state index contributed by atoms with van der Waals surface area (Å²) in [6, 6.07) is 16.7. The maximum absolute atomic E-state index is 12.3. The first-order valence-corrected chi connectivity index (χ1v) is 9.92. The minimum Gasteiger partial charge on any atom is -0.458 e. The summed E-state index contributed by atoms with van der Waals surface area (Å²) in [4.78, 5) is 24.2. The van der Waals surface area contributed by atoms with Gasteiger partial charge in [-0.25, -0.2) is 14.3 Å². The van der Waals surface area contributed by atoms with Crippen molar-refractivity contribution in [3.63, 3.8) is 0 Å². The van der Waals surface area contributed by atoms with E-state index in [1.807, 2.05) is 67.9 Å². The summed E-state index contributed by atoms with van der Waals surface area (Å²) in [6.45, 7) is 5.75. The molecule has 0 N–H and O–H groups in total. The third kappa shape index (κ3) is 4.33. The van der Waals surface area contributed by atoms with Crippen molar-refractivity contribution in [2.75, 3.05) is 0 Å². The van der Waals surface area contributed by atoms with Gasteiger partial charge in [0, 0.05) is 34.3 Å². The second-order valence-electron chi connectivity index (χ2n) is 7.36. The number of para-hydroxylation sites is 1. The number of carbonyl (C=O) groups excluding carboxylic acids is 1. The third-order valence-corrected chi connectivity index (χ3v) is 5.09. The Morgan fingerprint density at radius 2 is 1.87 bits per heavy atom. The maximum atomic E-state index is 12.3. The van der Waals surface area contributed by atoms with Crippen LogP contribution in [-0.2, 0) is 16.1 Å². The van der Waals surface area contributed by atoms with Gasteiger partial charge in [-0.3, -0.25) is 0 Å². The van der Waals surface area contributed by atoms with Gasteiger partial charge in [-0.2, -0.15) is 5.10 Å². The van der Waals surface area contributed by atoms with Gasteiger partial charge in [-0.1, -0.05) is 30.3 Å². The van der Waals surface area contributed by atoms with Crippen molar-refractivity contribution in [2.45, 2.75) is 27.4 Å². The van der Waals surface area contributed by atoms with Crippen LogP contribution < -0.4 is 5.63 Å². The van der Waals surface area contributed by atoms with Gasteiger partial charge in [0.1, 0.15) is 12.2 Å². The predicted molar refractivity (Wildman–Crippen MR) is 119 cm³/mol. The highest BCUT2D eigenvalue weighted by molar-refractivity contribution is 5.88. The van der Waals surface area contributed by atoms with Crippen LogP contribution in [0.2, 0.25) is 0 Å². The Bertz CT molecular complexity index is 1350. The molecule has 4 aromatic rings. The molecule has 0 atom stereocenters. The Kier molecular flexibility index (Phi) is 5.54. The van der Waals surface area contributed by atoms with E-state index in [0.29, 0.717) is 11.1 Å². The SMILES string of the molecule is Cc1ccc2c(COC(=O)/C=C/c3c(C)nn(-c4ccccc4)c3C)cc(=O)oc2c1. The number of aryl methyl sites for hydroxylation is 2. The summed E-state index contributed by atoms with van der Waals surface area (Å²) in [5.41, 5.74) is 5.15. The Hall–Kier alpha value is -3.93. The van der Waals surface area contributed by atoms with E-state index in [4.69, 9.17) is 9.15 Å². The molecule has 0 aliphatic carbocycles.